The zero-order valence-corrected chi connectivity index (χ0v) is 15.1. The van der Waals surface area contributed by atoms with E-state index in [9.17, 15) is 8.78 Å². The number of hydrogen-bond acceptors (Lipinski definition) is 2. The van der Waals surface area contributed by atoms with Crippen LogP contribution in [0.15, 0.2) is 12.1 Å². The first-order valence-corrected chi connectivity index (χ1v) is 9.91. The summed E-state index contributed by atoms with van der Waals surface area (Å²) in [6.45, 7) is 2.07. The van der Waals surface area contributed by atoms with E-state index >= 15 is 0 Å². The molecule has 0 N–H and O–H groups in total. The van der Waals surface area contributed by atoms with Gasteiger partial charge in [0.1, 0.15) is 5.82 Å². The molecule has 2 aliphatic carbocycles. The Morgan fingerprint density at radius 1 is 0.920 bits per heavy atom. The maximum absolute atomic E-state index is 14.0. The normalized spacial score (nSPS) is 31.1. The Hall–Kier alpha value is -1.16. The van der Waals surface area contributed by atoms with Crippen molar-refractivity contribution in [2.75, 3.05) is 20.2 Å². The molecule has 3 unspecified atom stereocenters. The van der Waals surface area contributed by atoms with E-state index in [1.165, 1.54) is 51.7 Å². The molecule has 1 aliphatic heterocycles. The lowest BCUT2D eigenvalue weighted by molar-refractivity contribution is 0.125. The van der Waals surface area contributed by atoms with Gasteiger partial charge in [-0.1, -0.05) is 12.8 Å². The van der Waals surface area contributed by atoms with E-state index in [-0.39, 0.29) is 11.7 Å². The van der Waals surface area contributed by atoms with Gasteiger partial charge < -0.3 is 9.64 Å². The van der Waals surface area contributed by atoms with Crippen LogP contribution in [0.5, 0.6) is 5.75 Å². The van der Waals surface area contributed by atoms with Gasteiger partial charge in [-0.05, 0) is 75.4 Å². The second-order valence-electron chi connectivity index (χ2n) is 8.33. The zero-order valence-electron chi connectivity index (χ0n) is 15.1. The highest BCUT2D eigenvalue weighted by Gasteiger charge is 2.35. The van der Waals surface area contributed by atoms with Gasteiger partial charge in [-0.3, -0.25) is 0 Å². The van der Waals surface area contributed by atoms with Gasteiger partial charge in [0.15, 0.2) is 11.6 Å². The maximum Gasteiger partial charge on any atom is 0.168 e. The number of piperidine rings is 1. The van der Waals surface area contributed by atoms with Crippen LogP contribution in [0.2, 0.25) is 0 Å². The second-order valence-corrected chi connectivity index (χ2v) is 8.33. The largest absolute Gasteiger partial charge is 0.493 e. The number of likely N-dealkylation sites (tertiary alicyclic amines) is 1. The van der Waals surface area contributed by atoms with Gasteiger partial charge in [-0.15, -0.1) is 0 Å². The third kappa shape index (κ3) is 3.55. The molecular weight excluding hydrogens is 320 g/mol. The molecule has 1 saturated heterocycles. The zero-order chi connectivity index (χ0) is 17.4. The van der Waals surface area contributed by atoms with Crippen molar-refractivity contribution in [1.82, 2.24) is 4.90 Å². The lowest BCUT2D eigenvalue weighted by Crippen LogP contribution is -2.41. The Bertz CT molecular complexity index is 612. The minimum atomic E-state index is -0.584. The molecular formula is C21H29F2NO. The average Bonchev–Trinajstić information content (AvgIpc) is 2.93. The standard InChI is InChI=1S/C21H29F2NO/c1-25-21-19(12-17(22)13-20(21)23)16-6-8-24(9-7-16)18-5-4-14-2-3-15(10-14)11-18/h12-16,18H,2-11H2,1H3. The summed E-state index contributed by atoms with van der Waals surface area (Å²) in [6.07, 6.45) is 10.3. The van der Waals surface area contributed by atoms with E-state index < -0.39 is 11.6 Å². The number of benzene rings is 1. The van der Waals surface area contributed by atoms with Crippen molar-refractivity contribution in [3.05, 3.63) is 29.3 Å². The van der Waals surface area contributed by atoms with Crippen molar-refractivity contribution >= 4 is 0 Å². The Balaban J connectivity index is 1.42. The van der Waals surface area contributed by atoms with Gasteiger partial charge >= 0.3 is 0 Å². The Morgan fingerprint density at radius 3 is 2.40 bits per heavy atom. The van der Waals surface area contributed by atoms with Crippen LogP contribution in [0.25, 0.3) is 0 Å². The van der Waals surface area contributed by atoms with Crippen LogP contribution < -0.4 is 4.74 Å². The molecule has 0 aromatic heterocycles. The lowest BCUT2D eigenvalue weighted by atomic mass is 9.86. The number of fused-ring (bicyclic) bond motifs is 2. The van der Waals surface area contributed by atoms with Crippen LogP contribution in [0, 0.1) is 23.5 Å². The molecule has 2 bridgehead atoms. The van der Waals surface area contributed by atoms with Crippen molar-refractivity contribution < 1.29 is 13.5 Å². The van der Waals surface area contributed by atoms with Crippen molar-refractivity contribution in [1.29, 1.82) is 0 Å². The molecule has 4 rings (SSSR count). The van der Waals surface area contributed by atoms with E-state index in [1.807, 2.05) is 0 Å². The molecule has 3 fully saturated rings. The minimum Gasteiger partial charge on any atom is -0.493 e. The molecule has 1 heterocycles. The average molecular weight is 349 g/mol. The molecule has 25 heavy (non-hydrogen) atoms. The predicted molar refractivity (Wildman–Crippen MR) is 94.9 cm³/mol. The van der Waals surface area contributed by atoms with E-state index in [0.717, 1.165) is 49.9 Å². The minimum absolute atomic E-state index is 0.193. The molecule has 138 valence electrons. The van der Waals surface area contributed by atoms with Crippen molar-refractivity contribution in [3.8, 4) is 5.75 Å². The SMILES string of the molecule is COc1c(F)cc(F)cc1C1CCN(C2CCC3CCC(C3)C2)CC1. The first-order valence-electron chi connectivity index (χ1n) is 9.91. The fraction of sp³-hybridized carbons (Fsp3) is 0.714. The van der Waals surface area contributed by atoms with Crippen LogP contribution in [0.1, 0.15) is 62.8 Å². The van der Waals surface area contributed by atoms with Gasteiger partial charge in [0.2, 0.25) is 0 Å². The third-order valence-corrected chi connectivity index (χ3v) is 6.89. The molecule has 1 aromatic rings. The summed E-state index contributed by atoms with van der Waals surface area (Å²) in [5, 5.41) is 0. The second kappa shape index (κ2) is 7.22. The summed E-state index contributed by atoms with van der Waals surface area (Å²) in [7, 11) is 1.47. The summed E-state index contributed by atoms with van der Waals surface area (Å²) in [5.74, 6) is 1.25. The van der Waals surface area contributed by atoms with E-state index in [4.69, 9.17) is 4.74 Å². The number of hydrogen-bond donors (Lipinski definition) is 0. The number of methoxy groups -OCH3 is 1. The molecule has 2 saturated carbocycles. The predicted octanol–water partition coefficient (Wildman–Crippen LogP) is 5.12. The summed E-state index contributed by atoms with van der Waals surface area (Å²) in [6, 6.07) is 3.10. The van der Waals surface area contributed by atoms with E-state index in [1.54, 1.807) is 0 Å². The van der Waals surface area contributed by atoms with Crippen LogP contribution in [0.3, 0.4) is 0 Å². The van der Waals surface area contributed by atoms with Crippen molar-refractivity contribution in [2.45, 2.75) is 63.3 Å². The molecule has 0 radical (unpaired) electrons. The maximum atomic E-state index is 14.0. The first-order chi connectivity index (χ1) is 12.1. The number of rotatable bonds is 3. The van der Waals surface area contributed by atoms with Crippen LogP contribution in [-0.4, -0.2) is 31.1 Å². The summed E-state index contributed by atoms with van der Waals surface area (Å²) in [5.41, 5.74) is 0.708. The third-order valence-electron chi connectivity index (χ3n) is 6.89. The van der Waals surface area contributed by atoms with E-state index in [2.05, 4.69) is 4.90 Å². The van der Waals surface area contributed by atoms with Gasteiger partial charge in [-0.25, -0.2) is 8.78 Å². The van der Waals surface area contributed by atoms with Gasteiger partial charge in [0.25, 0.3) is 0 Å². The molecule has 4 heteroatoms. The number of halogens is 2. The van der Waals surface area contributed by atoms with Crippen LogP contribution in [-0.2, 0) is 0 Å². The Kier molecular flexibility index (Phi) is 4.99. The lowest BCUT2D eigenvalue weighted by Gasteiger charge is -2.39. The summed E-state index contributed by atoms with van der Waals surface area (Å²) < 4.78 is 32.9. The highest BCUT2D eigenvalue weighted by Crippen LogP contribution is 2.43. The molecule has 0 amide bonds. The molecule has 2 nitrogen and oxygen atoms in total. The molecule has 3 aliphatic rings. The van der Waals surface area contributed by atoms with Gasteiger partial charge in [-0.2, -0.15) is 0 Å². The Morgan fingerprint density at radius 2 is 1.64 bits per heavy atom. The van der Waals surface area contributed by atoms with E-state index in [0.29, 0.717) is 5.56 Å². The quantitative estimate of drug-likeness (QED) is 0.751. The fourth-order valence-corrected chi connectivity index (χ4v) is 5.59. The summed E-state index contributed by atoms with van der Waals surface area (Å²) in [4.78, 5) is 2.65. The van der Waals surface area contributed by atoms with Gasteiger partial charge in [0.05, 0.1) is 7.11 Å². The molecule has 1 aromatic carbocycles. The monoisotopic (exact) mass is 349 g/mol. The highest BCUT2D eigenvalue weighted by molar-refractivity contribution is 5.38. The fourth-order valence-electron chi connectivity index (χ4n) is 5.59. The highest BCUT2D eigenvalue weighted by atomic mass is 19.1. The van der Waals surface area contributed by atoms with Crippen molar-refractivity contribution in [3.63, 3.8) is 0 Å². The number of ether oxygens (including phenoxy) is 1. The first kappa shape index (κ1) is 17.3. The molecule has 3 atom stereocenters. The molecule has 0 spiro atoms. The number of nitrogens with zero attached hydrogens (tertiary/aromatic N) is 1. The van der Waals surface area contributed by atoms with Crippen molar-refractivity contribution in [2.24, 2.45) is 11.8 Å². The smallest absolute Gasteiger partial charge is 0.168 e. The summed E-state index contributed by atoms with van der Waals surface area (Å²) >= 11 is 0. The Labute approximate surface area is 149 Å². The van der Waals surface area contributed by atoms with Gasteiger partial charge in [0, 0.05) is 17.7 Å². The van der Waals surface area contributed by atoms with Crippen LogP contribution >= 0.6 is 0 Å². The topological polar surface area (TPSA) is 12.5 Å². The van der Waals surface area contributed by atoms with Crippen LogP contribution in [0.4, 0.5) is 8.78 Å².